The number of amides is 2. The van der Waals surface area contributed by atoms with Crippen LogP contribution in [0.1, 0.15) is 42.1 Å². The van der Waals surface area contributed by atoms with Gasteiger partial charge in [-0.05, 0) is 42.7 Å². The first-order valence-corrected chi connectivity index (χ1v) is 9.81. The number of benzene rings is 1. The lowest BCUT2D eigenvalue weighted by molar-refractivity contribution is -0.138. The number of rotatable bonds is 5. The largest absolute Gasteiger partial charge is 0.383 e. The van der Waals surface area contributed by atoms with E-state index in [0.29, 0.717) is 30.9 Å². The third-order valence-electron chi connectivity index (χ3n) is 5.37. The Morgan fingerprint density at radius 2 is 2.04 bits per heavy atom. The second kappa shape index (κ2) is 8.42. The van der Waals surface area contributed by atoms with Gasteiger partial charge in [0.25, 0.3) is 5.91 Å². The molecule has 2 aromatic rings. The zero-order valence-electron chi connectivity index (χ0n) is 16.8. The lowest BCUT2D eigenvalue weighted by atomic mass is 10.00. The van der Waals surface area contributed by atoms with Crippen molar-refractivity contribution in [3.05, 3.63) is 47.7 Å². The summed E-state index contributed by atoms with van der Waals surface area (Å²) in [4.78, 5) is 33.6. The van der Waals surface area contributed by atoms with Crippen LogP contribution in [0.3, 0.4) is 0 Å². The van der Waals surface area contributed by atoms with Crippen LogP contribution in [-0.2, 0) is 4.79 Å². The van der Waals surface area contributed by atoms with E-state index in [1.807, 2.05) is 37.3 Å². The third-order valence-corrected chi connectivity index (χ3v) is 5.37. The van der Waals surface area contributed by atoms with Crippen LogP contribution in [0.2, 0.25) is 0 Å². The number of carbonyl (C=O) groups is 2. The van der Waals surface area contributed by atoms with Crippen molar-refractivity contribution < 1.29 is 9.59 Å². The molecule has 28 heavy (non-hydrogen) atoms. The smallest absolute Gasteiger partial charge is 0.254 e. The van der Waals surface area contributed by atoms with Crippen LogP contribution in [0.4, 0.5) is 5.82 Å². The summed E-state index contributed by atoms with van der Waals surface area (Å²) in [6, 6.07) is 9.09. The van der Waals surface area contributed by atoms with Crippen LogP contribution in [-0.4, -0.2) is 52.8 Å². The van der Waals surface area contributed by atoms with Crippen LogP contribution in [0, 0.1) is 6.92 Å². The van der Waals surface area contributed by atoms with Gasteiger partial charge in [0.1, 0.15) is 11.9 Å². The number of aromatic nitrogens is 1. The van der Waals surface area contributed by atoms with Gasteiger partial charge in [-0.15, -0.1) is 0 Å². The zero-order valence-corrected chi connectivity index (χ0v) is 16.8. The number of piperazine rings is 1. The fourth-order valence-electron chi connectivity index (χ4n) is 3.57. The molecule has 2 amide bonds. The average molecular weight is 380 g/mol. The van der Waals surface area contributed by atoms with Crippen LogP contribution < -0.4 is 5.73 Å². The van der Waals surface area contributed by atoms with E-state index in [-0.39, 0.29) is 17.9 Å². The number of likely N-dealkylation sites (N-methyl/N-ethyl adjacent to an activating group) is 1. The summed E-state index contributed by atoms with van der Waals surface area (Å²) >= 11 is 0. The number of pyridine rings is 1. The number of nitrogen functional groups attached to an aromatic ring is 1. The van der Waals surface area contributed by atoms with Crippen molar-refractivity contribution in [2.45, 2.75) is 39.2 Å². The molecule has 1 atom stereocenters. The van der Waals surface area contributed by atoms with Gasteiger partial charge in [0, 0.05) is 37.5 Å². The van der Waals surface area contributed by atoms with E-state index in [2.05, 4.69) is 11.9 Å². The molecule has 148 valence electrons. The van der Waals surface area contributed by atoms with E-state index in [9.17, 15) is 9.59 Å². The van der Waals surface area contributed by atoms with Gasteiger partial charge in [-0.2, -0.15) is 0 Å². The molecular formula is C22H28N4O2. The predicted octanol–water partition coefficient (Wildman–Crippen LogP) is 3.11. The van der Waals surface area contributed by atoms with Crippen molar-refractivity contribution in [3.8, 4) is 11.1 Å². The summed E-state index contributed by atoms with van der Waals surface area (Å²) in [6.45, 7) is 5.13. The first-order valence-electron chi connectivity index (χ1n) is 9.81. The van der Waals surface area contributed by atoms with Crippen molar-refractivity contribution in [2.75, 3.05) is 25.9 Å². The molecule has 1 saturated heterocycles. The number of nitrogens with two attached hydrogens (primary N) is 1. The Balaban J connectivity index is 1.88. The molecule has 0 saturated carbocycles. The summed E-state index contributed by atoms with van der Waals surface area (Å²) in [5.74, 6) is 0.442. The number of unbranched alkanes of at least 4 members (excludes halogenated alkanes) is 1. The van der Waals surface area contributed by atoms with Crippen LogP contribution in [0.15, 0.2) is 36.5 Å². The van der Waals surface area contributed by atoms with Crippen molar-refractivity contribution in [2.24, 2.45) is 0 Å². The molecule has 6 heteroatoms. The summed E-state index contributed by atoms with van der Waals surface area (Å²) in [6.07, 6.45) is 4.33. The van der Waals surface area contributed by atoms with Crippen molar-refractivity contribution >= 4 is 17.6 Å². The van der Waals surface area contributed by atoms with Crippen molar-refractivity contribution in [1.29, 1.82) is 0 Å². The fraction of sp³-hybridized carbons (Fsp3) is 0.409. The van der Waals surface area contributed by atoms with Gasteiger partial charge < -0.3 is 15.5 Å². The quantitative estimate of drug-likeness (QED) is 0.864. The molecule has 0 bridgehead atoms. The zero-order chi connectivity index (χ0) is 20.3. The van der Waals surface area contributed by atoms with E-state index in [0.717, 1.165) is 29.5 Å². The number of aryl methyl sites for hydroxylation is 1. The highest BCUT2D eigenvalue weighted by Crippen LogP contribution is 2.25. The molecular weight excluding hydrogens is 352 g/mol. The van der Waals surface area contributed by atoms with Gasteiger partial charge in [0.2, 0.25) is 5.91 Å². The molecule has 2 heterocycles. The van der Waals surface area contributed by atoms with Gasteiger partial charge in [-0.25, -0.2) is 4.98 Å². The third kappa shape index (κ3) is 4.01. The second-order valence-electron chi connectivity index (χ2n) is 7.42. The predicted molar refractivity (Wildman–Crippen MR) is 111 cm³/mol. The molecule has 0 radical (unpaired) electrons. The van der Waals surface area contributed by atoms with Gasteiger partial charge in [-0.3, -0.25) is 9.59 Å². The first kappa shape index (κ1) is 19.9. The Morgan fingerprint density at radius 1 is 1.25 bits per heavy atom. The molecule has 1 aliphatic rings. The Hall–Kier alpha value is -2.89. The van der Waals surface area contributed by atoms with Gasteiger partial charge in [0.05, 0.1) is 0 Å². The molecule has 1 aromatic heterocycles. The minimum absolute atomic E-state index is 0.0302. The van der Waals surface area contributed by atoms with Crippen molar-refractivity contribution in [3.63, 3.8) is 0 Å². The number of anilines is 1. The molecule has 0 unspecified atom stereocenters. The maximum Gasteiger partial charge on any atom is 0.254 e. The normalized spacial score (nSPS) is 17.1. The fourth-order valence-corrected chi connectivity index (χ4v) is 3.57. The minimum Gasteiger partial charge on any atom is -0.383 e. The highest BCUT2D eigenvalue weighted by molar-refractivity contribution is 5.99. The first-order chi connectivity index (χ1) is 13.4. The lowest BCUT2D eigenvalue weighted by Crippen LogP contribution is -2.57. The number of hydrogen-bond acceptors (Lipinski definition) is 4. The lowest BCUT2D eigenvalue weighted by Gasteiger charge is -2.39. The van der Waals surface area contributed by atoms with Crippen LogP contribution in [0.5, 0.6) is 0 Å². The average Bonchev–Trinajstić information content (AvgIpc) is 2.70. The van der Waals surface area contributed by atoms with E-state index in [1.54, 1.807) is 23.0 Å². The molecule has 6 nitrogen and oxygen atoms in total. The Morgan fingerprint density at radius 3 is 2.75 bits per heavy atom. The van der Waals surface area contributed by atoms with Gasteiger partial charge in [0.15, 0.2) is 0 Å². The molecule has 1 aromatic carbocycles. The van der Waals surface area contributed by atoms with Gasteiger partial charge in [-0.1, -0.05) is 31.9 Å². The standard InChI is InChI=1S/C22H28N4O2/c1-4-5-9-19-22(28)25(3)10-11-26(19)21(27)17-8-6-7-16(13-17)18-12-15(2)20(23)24-14-18/h6-8,12-14,19H,4-5,9-11H2,1-3H3,(H2,23,24)/t19-/m1/s1. The van der Waals surface area contributed by atoms with E-state index < -0.39 is 0 Å². The second-order valence-corrected chi connectivity index (χ2v) is 7.42. The number of nitrogens with zero attached hydrogens (tertiary/aromatic N) is 3. The number of hydrogen-bond donors (Lipinski definition) is 1. The van der Waals surface area contributed by atoms with Crippen molar-refractivity contribution in [1.82, 2.24) is 14.8 Å². The molecule has 1 fully saturated rings. The summed E-state index contributed by atoms with van der Waals surface area (Å²) in [5.41, 5.74) is 9.13. The Kier molecular flexibility index (Phi) is 5.97. The Bertz CT molecular complexity index is 881. The van der Waals surface area contributed by atoms with E-state index in [1.165, 1.54) is 0 Å². The SMILES string of the molecule is CCCC[C@@H]1C(=O)N(C)CCN1C(=O)c1cccc(-c2cnc(N)c(C)c2)c1. The number of carbonyl (C=O) groups excluding carboxylic acids is 2. The van der Waals surface area contributed by atoms with E-state index in [4.69, 9.17) is 5.73 Å². The molecule has 1 aliphatic heterocycles. The molecule has 0 spiro atoms. The van der Waals surface area contributed by atoms with E-state index >= 15 is 0 Å². The minimum atomic E-state index is -0.379. The summed E-state index contributed by atoms with van der Waals surface area (Å²) in [7, 11) is 1.81. The summed E-state index contributed by atoms with van der Waals surface area (Å²) in [5, 5.41) is 0. The summed E-state index contributed by atoms with van der Waals surface area (Å²) < 4.78 is 0. The van der Waals surface area contributed by atoms with Crippen LogP contribution in [0.25, 0.3) is 11.1 Å². The topological polar surface area (TPSA) is 79.5 Å². The molecule has 2 N–H and O–H groups in total. The highest BCUT2D eigenvalue weighted by Gasteiger charge is 2.35. The van der Waals surface area contributed by atoms with Gasteiger partial charge >= 0.3 is 0 Å². The maximum absolute atomic E-state index is 13.2. The monoisotopic (exact) mass is 380 g/mol. The highest BCUT2D eigenvalue weighted by atomic mass is 16.2. The Labute approximate surface area is 166 Å². The molecule has 3 rings (SSSR count). The molecule has 0 aliphatic carbocycles. The van der Waals surface area contributed by atoms with Crippen LogP contribution >= 0.6 is 0 Å². The maximum atomic E-state index is 13.2.